The molecule has 4 aliphatic heterocycles. The quantitative estimate of drug-likeness (QED) is 0.159. The van der Waals surface area contributed by atoms with Crippen LogP contribution in [0, 0.1) is 20.8 Å². The molecule has 2 N–H and O–H groups in total. The lowest BCUT2D eigenvalue weighted by Gasteiger charge is -2.32. The molecule has 3 atom stereocenters. The van der Waals surface area contributed by atoms with Crippen molar-refractivity contribution in [2.24, 2.45) is 0 Å². The third-order valence-corrected chi connectivity index (χ3v) is 17.4. The molecule has 0 radical (unpaired) electrons. The van der Waals surface area contributed by atoms with Crippen LogP contribution in [0.25, 0.3) is 28.3 Å². The number of benzene rings is 3. The van der Waals surface area contributed by atoms with Crippen LogP contribution in [0.5, 0.6) is 0 Å². The number of nitrogen functional groups attached to an aromatic ring is 1. The Bertz CT molecular complexity index is 4130. The zero-order valence-electron chi connectivity index (χ0n) is 49.0. The number of fused-ring (bicyclic) bond motifs is 9. The lowest BCUT2D eigenvalue weighted by atomic mass is 9.78. The van der Waals surface area contributed by atoms with Gasteiger partial charge in [0.15, 0.2) is 0 Å². The lowest BCUT2D eigenvalue weighted by Crippen LogP contribution is -2.41. The summed E-state index contributed by atoms with van der Waals surface area (Å²) in [5.41, 5.74) is 13.6. The average Bonchev–Trinajstić information content (AvgIpc) is 2.04. The molecule has 25 heteroatoms. The first-order valence-electron chi connectivity index (χ1n) is 28.1. The van der Waals surface area contributed by atoms with Crippen molar-refractivity contribution in [2.75, 3.05) is 40.1 Å². The minimum atomic E-state index is -0.451. The molecule has 438 valence electrons. The summed E-state index contributed by atoms with van der Waals surface area (Å²) in [6, 6.07) is 30.1. The predicted molar refractivity (Wildman–Crippen MR) is 341 cm³/mol. The van der Waals surface area contributed by atoms with Gasteiger partial charge < -0.3 is 29.7 Å². The van der Waals surface area contributed by atoms with Crippen molar-refractivity contribution in [3.05, 3.63) is 176 Å². The molecule has 0 aliphatic carbocycles. The van der Waals surface area contributed by atoms with Crippen LogP contribution in [0.4, 0.5) is 40.3 Å². The number of pyridine rings is 3. The Morgan fingerprint density at radius 1 is 0.477 bits per heavy atom. The van der Waals surface area contributed by atoms with E-state index in [1.54, 1.807) is 31.0 Å². The summed E-state index contributed by atoms with van der Waals surface area (Å²) in [5, 5.41) is 28.1. The Kier molecular flexibility index (Phi) is 15.7. The molecule has 10 aromatic rings. The van der Waals surface area contributed by atoms with Gasteiger partial charge in [0.05, 0.1) is 78.5 Å². The van der Waals surface area contributed by atoms with Gasteiger partial charge in [0.1, 0.15) is 58.2 Å². The SMILES string of the molecule is Cc1nnc2n1-c1ccc(-c3cnc(N)cn3)cc1N(c1ccc(Cl)cn1)C[C@H]2C.Cc1nnc2n1-c1ccc(B3OC(C)(C)C(C)(C)O3)cc1N(c1ccc(Cl)cn1)C[C@H]2C.Cc1nnc2n1-c1ccc(Br)cc1N(c1ccc(Cl)cn1)C[C@H]2C. The van der Waals surface area contributed by atoms with Gasteiger partial charge in [0, 0.05) is 66.0 Å². The molecule has 1 saturated heterocycles. The Morgan fingerprint density at radius 3 is 1.29 bits per heavy atom. The van der Waals surface area contributed by atoms with Gasteiger partial charge in [-0.3, -0.25) is 18.7 Å². The second kappa shape index (κ2) is 23.1. The second-order valence-electron chi connectivity index (χ2n) is 22.9. The van der Waals surface area contributed by atoms with Gasteiger partial charge in [0.25, 0.3) is 0 Å². The first-order valence-corrected chi connectivity index (χ1v) is 30.0. The van der Waals surface area contributed by atoms with Crippen LogP contribution in [0.15, 0.2) is 126 Å². The highest BCUT2D eigenvalue weighted by molar-refractivity contribution is 9.10. The van der Waals surface area contributed by atoms with Crippen molar-refractivity contribution in [3.8, 4) is 28.3 Å². The number of hydrogen-bond acceptors (Lipinski definition) is 17. The van der Waals surface area contributed by atoms with Crippen LogP contribution in [0.1, 0.15) is 101 Å². The Labute approximate surface area is 522 Å². The van der Waals surface area contributed by atoms with Crippen molar-refractivity contribution < 1.29 is 9.31 Å². The topological polar surface area (TPSA) is 211 Å². The van der Waals surface area contributed by atoms with E-state index in [0.717, 1.165) is 114 Å². The number of nitrogens with zero attached hydrogens (tertiary/aromatic N) is 17. The fourth-order valence-corrected chi connectivity index (χ4v) is 11.8. The van der Waals surface area contributed by atoms with E-state index in [1.165, 1.54) is 0 Å². The Hall–Kier alpha value is -7.86. The maximum atomic E-state index is 6.32. The van der Waals surface area contributed by atoms with Crippen LogP contribution in [0.2, 0.25) is 15.1 Å². The van der Waals surface area contributed by atoms with E-state index >= 15 is 0 Å². The summed E-state index contributed by atoms with van der Waals surface area (Å²) < 4.78 is 20.0. The third-order valence-electron chi connectivity index (χ3n) is 16.2. The van der Waals surface area contributed by atoms with Crippen molar-refractivity contribution >= 4 is 104 Å². The maximum Gasteiger partial charge on any atom is 0.494 e. The molecule has 0 spiro atoms. The predicted octanol–water partition coefficient (Wildman–Crippen LogP) is 12.7. The number of rotatable bonds is 5. The summed E-state index contributed by atoms with van der Waals surface area (Å²) in [5.74, 6) is 8.75. The monoisotopic (exact) mass is 1270 g/mol. The third kappa shape index (κ3) is 11.1. The molecule has 0 saturated carbocycles. The summed E-state index contributed by atoms with van der Waals surface area (Å²) in [6.45, 7) is 22.8. The molecule has 20 nitrogen and oxygen atoms in total. The molecule has 3 aromatic carbocycles. The number of anilines is 7. The fourth-order valence-electron chi connectivity index (χ4n) is 11.1. The van der Waals surface area contributed by atoms with Crippen LogP contribution in [-0.2, 0) is 9.31 Å². The molecule has 1 fully saturated rings. The van der Waals surface area contributed by atoms with E-state index in [-0.39, 0.29) is 17.8 Å². The van der Waals surface area contributed by atoms with Crippen LogP contribution >= 0.6 is 50.7 Å². The van der Waals surface area contributed by atoms with Gasteiger partial charge in [-0.1, -0.05) is 83.6 Å². The molecule has 7 aromatic heterocycles. The molecule has 4 aliphatic rings. The molecular formula is C61H61BBrCl3N18O2. The van der Waals surface area contributed by atoms with Gasteiger partial charge in [-0.15, -0.1) is 30.6 Å². The highest BCUT2D eigenvalue weighted by atomic mass is 79.9. The van der Waals surface area contributed by atoms with Crippen molar-refractivity contribution in [2.45, 2.75) is 98.2 Å². The highest BCUT2D eigenvalue weighted by Gasteiger charge is 2.52. The second-order valence-corrected chi connectivity index (χ2v) is 25.1. The molecular weight excluding hydrogens is 1210 g/mol. The molecule has 86 heavy (non-hydrogen) atoms. The zero-order chi connectivity index (χ0) is 60.5. The summed E-state index contributed by atoms with van der Waals surface area (Å²) in [7, 11) is -0.451. The molecule has 14 rings (SSSR count). The average molecular weight is 1280 g/mol. The van der Waals surface area contributed by atoms with E-state index < -0.39 is 18.3 Å². The van der Waals surface area contributed by atoms with Crippen molar-refractivity contribution in [3.63, 3.8) is 0 Å². The first-order chi connectivity index (χ1) is 41.1. The van der Waals surface area contributed by atoms with Crippen LogP contribution < -0.4 is 25.9 Å². The van der Waals surface area contributed by atoms with E-state index in [0.29, 0.717) is 34.0 Å². The van der Waals surface area contributed by atoms with E-state index in [4.69, 9.17) is 49.8 Å². The molecule has 0 amide bonds. The number of halogens is 4. The van der Waals surface area contributed by atoms with E-state index in [9.17, 15) is 0 Å². The van der Waals surface area contributed by atoms with Gasteiger partial charge in [-0.05, 0) is 133 Å². The maximum absolute atomic E-state index is 6.32. The van der Waals surface area contributed by atoms with Gasteiger partial charge in [0.2, 0.25) is 0 Å². The number of aryl methyl sites for hydroxylation is 3. The standard InChI is InChI=1S/C23H27BClN5O2.C21H19ClN8.C17H15BrClN5/c1-14-13-29(20-10-8-17(25)12-26-20)19-11-16(24-31-22(3,4)23(5,6)32-24)7-9-18(19)30-15(2)27-28-21(14)30;1-12-11-29(20-6-4-15(22)8-26-20)18-7-14(16-9-25-19(23)10-24-16)3-5-17(18)30-13(2)27-28-21(12)30;1-10-9-23(16-6-4-13(19)8-20-16)15-7-12(18)3-5-14(15)24-11(2)21-22-17(10)24/h7-12,14H,13H2,1-6H3;3-10,12H,11H2,1-2H3,(H2,23,25);3-8,10H,9H2,1-2H3/t14-;12-;10-/m111/s1. The van der Waals surface area contributed by atoms with Gasteiger partial charge >= 0.3 is 7.12 Å². The summed E-state index contributed by atoms with van der Waals surface area (Å²) in [6.07, 6.45) is 8.25. The van der Waals surface area contributed by atoms with Crippen LogP contribution in [-0.4, -0.2) is 107 Å². The minimum Gasteiger partial charge on any atom is -0.399 e. The number of aromatic nitrogens is 14. The van der Waals surface area contributed by atoms with Crippen molar-refractivity contribution in [1.29, 1.82) is 0 Å². The zero-order valence-corrected chi connectivity index (χ0v) is 52.8. The molecule has 0 bridgehead atoms. The largest absolute Gasteiger partial charge is 0.494 e. The number of nitrogens with two attached hydrogens (primary N) is 1. The summed E-state index contributed by atoms with van der Waals surface area (Å²) >= 11 is 21.8. The Morgan fingerprint density at radius 2 is 0.884 bits per heavy atom. The van der Waals surface area contributed by atoms with Crippen molar-refractivity contribution in [1.82, 2.24) is 69.2 Å². The van der Waals surface area contributed by atoms with E-state index in [1.807, 2.05) is 69.3 Å². The smallest absolute Gasteiger partial charge is 0.399 e. The van der Waals surface area contributed by atoms with E-state index in [2.05, 4.69) is 191 Å². The summed E-state index contributed by atoms with van der Waals surface area (Å²) in [4.78, 5) is 28.9. The van der Waals surface area contributed by atoms with Crippen LogP contribution in [0.3, 0.4) is 0 Å². The fraction of sp³-hybridized carbons (Fsp3) is 0.295. The van der Waals surface area contributed by atoms with Gasteiger partial charge in [-0.25, -0.2) is 19.9 Å². The normalized spacial score (nSPS) is 17.9. The highest BCUT2D eigenvalue weighted by Crippen LogP contribution is 2.43. The first kappa shape index (κ1) is 58.5. The molecule has 0 unspecified atom stereocenters. The van der Waals surface area contributed by atoms with Gasteiger partial charge in [-0.2, -0.15) is 0 Å². The lowest BCUT2D eigenvalue weighted by molar-refractivity contribution is 0.00578. The minimum absolute atomic E-state index is 0.135. The number of hydrogen-bond donors (Lipinski definition) is 1. The molecule has 11 heterocycles. The Balaban J connectivity index is 0.000000128.